The minimum atomic E-state index is -0.150. The summed E-state index contributed by atoms with van der Waals surface area (Å²) in [7, 11) is 1.60. The zero-order chi connectivity index (χ0) is 17.6. The molecule has 1 amide bonds. The molecule has 0 saturated heterocycles. The van der Waals surface area contributed by atoms with Crippen molar-refractivity contribution in [3.63, 3.8) is 0 Å². The maximum absolute atomic E-state index is 12.0. The van der Waals surface area contributed by atoms with Crippen molar-refractivity contribution < 1.29 is 14.1 Å². The number of ether oxygens (including phenoxy) is 1. The molecular formula is C18H16ClN3O3. The number of aryl methyl sites for hydroxylation is 1. The van der Waals surface area contributed by atoms with Gasteiger partial charge in [-0.3, -0.25) is 4.79 Å². The van der Waals surface area contributed by atoms with Crippen LogP contribution in [-0.4, -0.2) is 23.2 Å². The molecule has 1 aromatic heterocycles. The summed E-state index contributed by atoms with van der Waals surface area (Å²) in [4.78, 5) is 16.3. The number of hydrogen-bond donors (Lipinski definition) is 1. The first-order valence-corrected chi connectivity index (χ1v) is 8.04. The van der Waals surface area contributed by atoms with E-state index in [-0.39, 0.29) is 12.3 Å². The molecule has 0 aliphatic carbocycles. The van der Waals surface area contributed by atoms with Crippen LogP contribution in [0.1, 0.15) is 12.3 Å². The Morgan fingerprint density at radius 2 is 2.08 bits per heavy atom. The Morgan fingerprint density at radius 1 is 1.24 bits per heavy atom. The zero-order valence-electron chi connectivity index (χ0n) is 13.5. The molecule has 25 heavy (non-hydrogen) atoms. The molecule has 0 bridgehead atoms. The lowest BCUT2D eigenvalue weighted by Gasteiger charge is -2.04. The molecule has 0 aliphatic rings. The number of carbonyl (C=O) groups is 1. The number of carbonyl (C=O) groups excluding carboxylic acids is 1. The highest BCUT2D eigenvalue weighted by Gasteiger charge is 2.11. The highest BCUT2D eigenvalue weighted by molar-refractivity contribution is 6.30. The summed E-state index contributed by atoms with van der Waals surface area (Å²) in [5, 5.41) is 7.29. The quantitative estimate of drug-likeness (QED) is 0.722. The van der Waals surface area contributed by atoms with Gasteiger partial charge in [-0.05, 0) is 30.3 Å². The molecule has 0 unspecified atom stereocenters. The van der Waals surface area contributed by atoms with Crippen LogP contribution < -0.4 is 10.1 Å². The maximum Gasteiger partial charge on any atom is 0.227 e. The first-order chi connectivity index (χ1) is 12.1. The third-order valence-corrected chi connectivity index (χ3v) is 3.71. The van der Waals surface area contributed by atoms with Crippen LogP contribution in [0.2, 0.25) is 5.02 Å². The second-order valence-electron chi connectivity index (χ2n) is 5.30. The predicted molar refractivity (Wildman–Crippen MR) is 94.7 cm³/mol. The van der Waals surface area contributed by atoms with Gasteiger partial charge in [-0.2, -0.15) is 4.98 Å². The van der Waals surface area contributed by atoms with Gasteiger partial charge in [0.1, 0.15) is 5.75 Å². The largest absolute Gasteiger partial charge is 0.497 e. The number of amides is 1. The van der Waals surface area contributed by atoms with Crippen molar-refractivity contribution in [2.75, 3.05) is 12.4 Å². The number of rotatable bonds is 6. The summed E-state index contributed by atoms with van der Waals surface area (Å²) in [6.07, 6.45) is 0.579. The normalized spacial score (nSPS) is 10.5. The third kappa shape index (κ3) is 4.58. The summed E-state index contributed by atoms with van der Waals surface area (Å²) in [5.74, 6) is 1.43. The fourth-order valence-corrected chi connectivity index (χ4v) is 2.44. The first-order valence-electron chi connectivity index (χ1n) is 7.66. The fraction of sp³-hybridized carbons (Fsp3) is 0.167. The molecule has 7 heteroatoms. The van der Waals surface area contributed by atoms with Gasteiger partial charge in [0.25, 0.3) is 0 Å². The van der Waals surface area contributed by atoms with Crippen LogP contribution in [0, 0.1) is 0 Å². The average Bonchev–Trinajstić information content (AvgIpc) is 3.09. The van der Waals surface area contributed by atoms with Gasteiger partial charge in [0.05, 0.1) is 7.11 Å². The number of nitrogens with one attached hydrogen (secondary N) is 1. The summed E-state index contributed by atoms with van der Waals surface area (Å²) in [6.45, 7) is 0. The van der Waals surface area contributed by atoms with Crippen LogP contribution in [-0.2, 0) is 11.2 Å². The van der Waals surface area contributed by atoms with E-state index in [2.05, 4.69) is 15.5 Å². The first kappa shape index (κ1) is 17.0. The highest BCUT2D eigenvalue weighted by Crippen LogP contribution is 2.21. The molecule has 0 aliphatic heterocycles. The van der Waals surface area contributed by atoms with Crippen molar-refractivity contribution >= 4 is 23.2 Å². The minimum Gasteiger partial charge on any atom is -0.497 e. The van der Waals surface area contributed by atoms with Gasteiger partial charge < -0.3 is 14.6 Å². The SMILES string of the molecule is COc1cccc(-c2noc(CCC(=O)Nc3cccc(Cl)c3)n2)c1. The zero-order valence-corrected chi connectivity index (χ0v) is 14.3. The molecule has 0 fully saturated rings. The molecule has 2 aromatic carbocycles. The van der Waals surface area contributed by atoms with Gasteiger partial charge in [0, 0.05) is 29.1 Å². The van der Waals surface area contributed by atoms with Gasteiger partial charge >= 0.3 is 0 Å². The van der Waals surface area contributed by atoms with Crippen LogP contribution in [0.3, 0.4) is 0 Å². The lowest BCUT2D eigenvalue weighted by Crippen LogP contribution is -2.12. The van der Waals surface area contributed by atoms with E-state index in [4.69, 9.17) is 20.9 Å². The van der Waals surface area contributed by atoms with Crippen molar-refractivity contribution in [2.45, 2.75) is 12.8 Å². The number of hydrogen-bond acceptors (Lipinski definition) is 5. The van der Waals surface area contributed by atoms with Gasteiger partial charge in [0.15, 0.2) is 0 Å². The second kappa shape index (κ2) is 7.81. The van der Waals surface area contributed by atoms with E-state index in [1.54, 1.807) is 31.4 Å². The summed E-state index contributed by atoms with van der Waals surface area (Å²) in [6, 6.07) is 14.4. The van der Waals surface area contributed by atoms with Crippen molar-refractivity contribution in [3.05, 3.63) is 59.4 Å². The number of aromatic nitrogens is 2. The lowest BCUT2D eigenvalue weighted by molar-refractivity contribution is -0.116. The van der Waals surface area contributed by atoms with Gasteiger partial charge in [0.2, 0.25) is 17.6 Å². The molecule has 0 atom stereocenters. The predicted octanol–water partition coefficient (Wildman–Crippen LogP) is 3.97. The van der Waals surface area contributed by atoms with Crippen LogP contribution in [0.15, 0.2) is 53.1 Å². The monoisotopic (exact) mass is 357 g/mol. The Balaban J connectivity index is 1.59. The summed E-state index contributed by atoms with van der Waals surface area (Å²) < 4.78 is 10.4. The number of benzene rings is 2. The van der Waals surface area contributed by atoms with E-state index in [0.29, 0.717) is 34.6 Å². The summed E-state index contributed by atoms with van der Waals surface area (Å²) in [5.41, 5.74) is 1.44. The van der Waals surface area contributed by atoms with Crippen LogP contribution >= 0.6 is 11.6 Å². The Kier molecular flexibility index (Phi) is 5.30. The van der Waals surface area contributed by atoms with Crippen molar-refractivity contribution in [1.82, 2.24) is 10.1 Å². The topological polar surface area (TPSA) is 77.2 Å². The molecule has 1 N–H and O–H groups in total. The number of nitrogens with zero attached hydrogens (tertiary/aromatic N) is 2. The van der Waals surface area contributed by atoms with E-state index in [1.165, 1.54) is 0 Å². The van der Waals surface area contributed by atoms with Crippen LogP contribution in [0.4, 0.5) is 5.69 Å². The maximum atomic E-state index is 12.0. The van der Waals surface area contributed by atoms with Crippen molar-refractivity contribution in [3.8, 4) is 17.1 Å². The van der Waals surface area contributed by atoms with E-state index in [9.17, 15) is 4.79 Å². The number of anilines is 1. The second-order valence-corrected chi connectivity index (χ2v) is 5.74. The molecule has 128 valence electrons. The van der Waals surface area contributed by atoms with Gasteiger partial charge in [-0.15, -0.1) is 0 Å². The van der Waals surface area contributed by atoms with Gasteiger partial charge in [-0.25, -0.2) is 0 Å². The Labute approximate surface area is 149 Å². The molecule has 0 spiro atoms. The van der Waals surface area contributed by atoms with Gasteiger partial charge in [-0.1, -0.05) is 35.0 Å². The van der Waals surface area contributed by atoms with Crippen molar-refractivity contribution in [2.24, 2.45) is 0 Å². The molecule has 0 radical (unpaired) electrons. The molecule has 1 heterocycles. The standard InChI is InChI=1S/C18H16ClN3O3/c1-24-15-7-2-4-12(10-15)18-21-17(25-22-18)9-8-16(23)20-14-6-3-5-13(19)11-14/h2-7,10-11H,8-9H2,1H3,(H,20,23). The molecule has 0 saturated carbocycles. The van der Waals surface area contributed by atoms with Crippen molar-refractivity contribution in [1.29, 1.82) is 0 Å². The fourth-order valence-electron chi connectivity index (χ4n) is 2.25. The van der Waals surface area contributed by atoms with E-state index in [1.807, 2.05) is 24.3 Å². The van der Waals surface area contributed by atoms with Crippen LogP contribution in [0.25, 0.3) is 11.4 Å². The molecule has 3 aromatic rings. The third-order valence-electron chi connectivity index (χ3n) is 3.47. The average molecular weight is 358 g/mol. The Hall–Kier alpha value is -2.86. The van der Waals surface area contributed by atoms with E-state index < -0.39 is 0 Å². The Morgan fingerprint density at radius 3 is 2.88 bits per heavy atom. The minimum absolute atomic E-state index is 0.150. The smallest absolute Gasteiger partial charge is 0.227 e. The number of halogens is 1. The summed E-state index contributed by atoms with van der Waals surface area (Å²) >= 11 is 5.89. The van der Waals surface area contributed by atoms with Crippen LogP contribution in [0.5, 0.6) is 5.75 Å². The molecule has 3 rings (SSSR count). The molecule has 6 nitrogen and oxygen atoms in total. The number of methoxy groups -OCH3 is 1. The Bertz CT molecular complexity index is 879. The van der Waals surface area contributed by atoms with E-state index >= 15 is 0 Å². The van der Waals surface area contributed by atoms with E-state index in [0.717, 1.165) is 5.56 Å². The molecular weight excluding hydrogens is 342 g/mol. The lowest BCUT2D eigenvalue weighted by atomic mass is 10.2. The highest BCUT2D eigenvalue weighted by atomic mass is 35.5.